The molecule has 4 heteroatoms. The van der Waals surface area contributed by atoms with Crippen LogP contribution in [0, 0.1) is 5.82 Å². The number of rotatable bonds is 4. The monoisotopic (exact) mass is 264 g/mol. The Morgan fingerprint density at radius 2 is 2.11 bits per heavy atom. The SMILES string of the molecule is CNC(Cc1ccncc1Cl)c1ccccc1F. The van der Waals surface area contributed by atoms with Crippen molar-refractivity contribution in [1.29, 1.82) is 0 Å². The fraction of sp³-hybridized carbons (Fsp3) is 0.214. The average Bonchev–Trinajstić information content (AvgIpc) is 2.39. The summed E-state index contributed by atoms with van der Waals surface area (Å²) in [6, 6.07) is 8.51. The van der Waals surface area contributed by atoms with Crippen molar-refractivity contribution < 1.29 is 4.39 Å². The second-order valence-corrected chi connectivity index (χ2v) is 4.44. The Kier molecular flexibility index (Phi) is 4.28. The Labute approximate surface area is 111 Å². The first-order chi connectivity index (χ1) is 8.72. The first-order valence-corrected chi connectivity index (χ1v) is 6.10. The van der Waals surface area contributed by atoms with Gasteiger partial charge >= 0.3 is 0 Å². The maximum Gasteiger partial charge on any atom is 0.127 e. The van der Waals surface area contributed by atoms with Crippen LogP contribution in [-0.4, -0.2) is 12.0 Å². The molecule has 2 rings (SSSR count). The van der Waals surface area contributed by atoms with Crippen molar-refractivity contribution in [2.24, 2.45) is 0 Å². The topological polar surface area (TPSA) is 24.9 Å². The third kappa shape index (κ3) is 2.86. The van der Waals surface area contributed by atoms with Crippen LogP contribution in [0.1, 0.15) is 17.2 Å². The van der Waals surface area contributed by atoms with Crippen LogP contribution in [0.15, 0.2) is 42.7 Å². The van der Waals surface area contributed by atoms with Crippen molar-refractivity contribution >= 4 is 11.6 Å². The molecule has 1 N–H and O–H groups in total. The summed E-state index contributed by atoms with van der Waals surface area (Å²) in [6.45, 7) is 0. The molecule has 0 saturated carbocycles. The zero-order chi connectivity index (χ0) is 13.0. The molecule has 1 unspecified atom stereocenters. The van der Waals surface area contributed by atoms with Gasteiger partial charge in [-0.25, -0.2) is 4.39 Å². The van der Waals surface area contributed by atoms with Crippen LogP contribution in [0.4, 0.5) is 4.39 Å². The molecule has 0 amide bonds. The molecule has 1 heterocycles. The molecule has 1 aromatic heterocycles. The van der Waals surface area contributed by atoms with Crippen LogP contribution in [0.2, 0.25) is 5.02 Å². The van der Waals surface area contributed by atoms with E-state index >= 15 is 0 Å². The van der Waals surface area contributed by atoms with Crippen molar-refractivity contribution in [3.05, 3.63) is 64.7 Å². The van der Waals surface area contributed by atoms with Crippen LogP contribution in [0.5, 0.6) is 0 Å². The highest BCUT2D eigenvalue weighted by atomic mass is 35.5. The normalized spacial score (nSPS) is 12.4. The number of halogens is 2. The summed E-state index contributed by atoms with van der Waals surface area (Å²) in [5.41, 5.74) is 1.60. The van der Waals surface area contributed by atoms with Crippen molar-refractivity contribution in [3.63, 3.8) is 0 Å². The Morgan fingerprint density at radius 1 is 1.33 bits per heavy atom. The minimum atomic E-state index is -0.206. The number of aromatic nitrogens is 1. The van der Waals surface area contributed by atoms with E-state index in [0.29, 0.717) is 17.0 Å². The molecule has 0 bridgehead atoms. The predicted molar refractivity (Wildman–Crippen MR) is 71.2 cm³/mol. The molecule has 1 atom stereocenters. The second kappa shape index (κ2) is 5.94. The van der Waals surface area contributed by atoms with Gasteiger partial charge in [0.1, 0.15) is 5.82 Å². The summed E-state index contributed by atoms with van der Waals surface area (Å²) in [4.78, 5) is 3.94. The van der Waals surface area contributed by atoms with E-state index in [2.05, 4.69) is 10.3 Å². The first kappa shape index (κ1) is 13.0. The van der Waals surface area contributed by atoms with E-state index < -0.39 is 0 Å². The molecule has 1 aromatic carbocycles. The van der Waals surface area contributed by atoms with E-state index in [1.165, 1.54) is 6.07 Å². The Bertz CT molecular complexity index is 531. The highest BCUT2D eigenvalue weighted by Crippen LogP contribution is 2.24. The van der Waals surface area contributed by atoms with E-state index in [1.807, 2.05) is 19.2 Å². The number of pyridine rings is 1. The van der Waals surface area contributed by atoms with Crippen LogP contribution < -0.4 is 5.32 Å². The number of benzene rings is 1. The first-order valence-electron chi connectivity index (χ1n) is 5.72. The standard InChI is InChI=1S/C14H14ClFN2/c1-17-14(11-4-2-3-5-13(11)16)8-10-6-7-18-9-12(10)15/h2-7,9,14,17H,8H2,1H3. The van der Waals surface area contributed by atoms with Gasteiger partial charge in [0, 0.05) is 24.0 Å². The van der Waals surface area contributed by atoms with Gasteiger partial charge in [0.15, 0.2) is 0 Å². The lowest BCUT2D eigenvalue weighted by Crippen LogP contribution is -2.20. The molecular weight excluding hydrogens is 251 g/mol. The van der Waals surface area contributed by atoms with Crippen LogP contribution >= 0.6 is 11.6 Å². The van der Waals surface area contributed by atoms with Crippen molar-refractivity contribution in [3.8, 4) is 0 Å². The summed E-state index contributed by atoms with van der Waals surface area (Å²) in [6.07, 6.45) is 3.92. The van der Waals surface area contributed by atoms with Crippen LogP contribution in [0.25, 0.3) is 0 Å². The third-order valence-electron chi connectivity index (χ3n) is 2.91. The summed E-state index contributed by atoms with van der Waals surface area (Å²) in [5, 5.41) is 3.72. The number of nitrogens with zero attached hydrogens (tertiary/aromatic N) is 1. The largest absolute Gasteiger partial charge is 0.313 e. The molecule has 0 saturated heterocycles. The lowest BCUT2D eigenvalue weighted by Gasteiger charge is -2.18. The summed E-state index contributed by atoms with van der Waals surface area (Å²) >= 11 is 6.07. The fourth-order valence-electron chi connectivity index (χ4n) is 1.91. The number of likely N-dealkylation sites (N-methyl/N-ethyl adjacent to an activating group) is 1. The summed E-state index contributed by atoms with van der Waals surface area (Å²) < 4.78 is 13.7. The number of hydrogen-bond donors (Lipinski definition) is 1. The number of hydrogen-bond acceptors (Lipinski definition) is 2. The molecule has 0 aliphatic heterocycles. The molecular formula is C14H14ClFN2. The van der Waals surface area contributed by atoms with Crippen LogP contribution in [0.3, 0.4) is 0 Å². The van der Waals surface area contributed by atoms with Gasteiger partial charge in [-0.15, -0.1) is 0 Å². The lowest BCUT2D eigenvalue weighted by molar-refractivity contribution is 0.534. The lowest BCUT2D eigenvalue weighted by atomic mass is 9.99. The van der Waals surface area contributed by atoms with E-state index in [4.69, 9.17) is 11.6 Å². The maximum absolute atomic E-state index is 13.7. The molecule has 0 spiro atoms. The Morgan fingerprint density at radius 3 is 2.78 bits per heavy atom. The quantitative estimate of drug-likeness (QED) is 0.916. The Hall–Kier alpha value is -1.45. The van der Waals surface area contributed by atoms with Crippen LogP contribution in [-0.2, 0) is 6.42 Å². The van der Waals surface area contributed by atoms with Crippen molar-refractivity contribution in [2.75, 3.05) is 7.05 Å². The van der Waals surface area contributed by atoms with Gasteiger partial charge < -0.3 is 5.32 Å². The van der Waals surface area contributed by atoms with Crippen molar-refractivity contribution in [2.45, 2.75) is 12.5 Å². The molecule has 0 aliphatic carbocycles. The zero-order valence-electron chi connectivity index (χ0n) is 10.0. The average molecular weight is 265 g/mol. The van der Waals surface area contributed by atoms with E-state index in [-0.39, 0.29) is 11.9 Å². The fourth-order valence-corrected chi connectivity index (χ4v) is 2.11. The zero-order valence-corrected chi connectivity index (χ0v) is 10.8. The highest BCUT2D eigenvalue weighted by Gasteiger charge is 2.15. The van der Waals surface area contributed by atoms with E-state index in [0.717, 1.165) is 5.56 Å². The number of nitrogens with one attached hydrogen (secondary N) is 1. The predicted octanol–water partition coefficient (Wildman–Crippen LogP) is 3.38. The Balaban J connectivity index is 2.26. The van der Waals surface area contributed by atoms with Gasteiger partial charge in [0.2, 0.25) is 0 Å². The molecule has 94 valence electrons. The summed E-state index contributed by atoms with van der Waals surface area (Å²) in [7, 11) is 1.81. The van der Waals surface area contributed by atoms with Gasteiger partial charge in [-0.3, -0.25) is 4.98 Å². The minimum Gasteiger partial charge on any atom is -0.313 e. The van der Waals surface area contributed by atoms with Gasteiger partial charge in [-0.1, -0.05) is 29.8 Å². The highest BCUT2D eigenvalue weighted by molar-refractivity contribution is 6.31. The third-order valence-corrected chi connectivity index (χ3v) is 3.25. The molecule has 18 heavy (non-hydrogen) atoms. The van der Waals surface area contributed by atoms with Gasteiger partial charge in [-0.2, -0.15) is 0 Å². The van der Waals surface area contributed by atoms with Gasteiger partial charge in [-0.05, 0) is 31.2 Å². The molecule has 2 aromatic rings. The molecule has 0 fully saturated rings. The van der Waals surface area contributed by atoms with E-state index in [9.17, 15) is 4.39 Å². The van der Waals surface area contributed by atoms with E-state index in [1.54, 1.807) is 24.5 Å². The second-order valence-electron chi connectivity index (χ2n) is 4.03. The molecule has 0 radical (unpaired) electrons. The smallest absolute Gasteiger partial charge is 0.127 e. The minimum absolute atomic E-state index is 0.105. The molecule has 0 aliphatic rings. The van der Waals surface area contributed by atoms with Gasteiger partial charge in [0.25, 0.3) is 0 Å². The maximum atomic E-state index is 13.7. The van der Waals surface area contributed by atoms with Crippen molar-refractivity contribution in [1.82, 2.24) is 10.3 Å². The van der Waals surface area contributed by atoms with Gasteiger partial charge in [0.05, 0.1) is 5.02 Å². The molecule has 2 nitrogen and oxygen atoms in total. The summed E-state index contributed by atoms with van der Waals surface area (Å²) in [5.74, 6) is -0.206.